The van der Waals surface area contributed by atoms with Gasteiger partial charge in [0.1, 0.15) is 27.6 Å². The van der Waals surface area contributed by atoms with E-state index in [2.05, 4.69) is 58.1 Å². The number of hydrogen-bond acceptors (Lipinski definition) is 9. The highest BCUT2D eigenvalue weighted by Gasteiger charge is 2.38. The molecule has 2 N–H and O–H groups in total. The van der Waals surface area contributed by atoms with Gasteiger partial charge in [-0.25, -0.2) is 22.8 Å². The second kappa shape index (κ2) is 10.3. The quantitative estimate of drug-likeness (QED) is 0.462. The minimum atomic E-state index is -3.02. The maximum absolute atomic E-state index is 14.0. The molecule has 38 heavy (non-hydrogen) atoms. The van der Waals surface area contributed by atoms with Crippen LogP contribution in [0.3, 0.4) is 0 Å². The number of sulfone groups is 1. The van der Waals surface area contributed by atoms with Crippen LogP contribution in [0, 0.1) is 5.92 Å². The number of piperidine rings is 1. The predicted octanol–water partition coefficient (Wildman–Crippen LogP) is 3.67. The molecule has 2 fully saturated rings. The SMILES string of the molecule is CC(C)c1ccc(N2C[C@H](CS(C)(=O)=O)[C@H]2C)c2cnc(Nc3ccnc(N4CC[C@@H](O)[C@@H](F)C4)n3)cc12. The van der Waals surface area contributed by atoms with Crippen LogP contribution in [0.2, 0.25) is 0 Å². The van der Waals surface area contributed by atoms with Gasteiger partial charge in [-0.1, -0.05) is 19.9 Å². The van der Waals surface area contributed by atoms with Gasteiger partial charge in [-0.05, 0) is 48.4 Å². The van der Waals surface area contributed by atoms with Crippen molar-refractivity contribution in [3.8, 4) is 0 Å². The maximum atomic E-state index is 14.0. The average Bonchev–Trinajstić information content (AvgIpc) is 2.86. The Labute approximate surface area is 223 Å². The van der Waals surface area contributed by atoms with Crippen molar-refractivity contribution in [3.05, 3.63) is 42.2 Å². The normalized spacial score (nSPS) is 24.1. The highest BCUT2D eigenvalue weighted by Crippen LogP contribution is 2.39. The van der Waals surface area contributed by atoms with E-state index in [4.69, 9.17) is 0 Å². The van der Waals surface area contributed by atoms with Crippen molar-refractivity contribution in [1.29, 1.82) is 0 Å². The van der Waals surface area contributed by atoms with Crippen LogP contribution in [-0.2, 0) is 9.84 Å². The van der Waals surface area contributed by atoms with Crippen LogP contribution in [0.4, 0.5) is 27.7 Å². The van der Waals surface area contributed by atoms with Gasteiger partial charge >= 0.3 is 0 Å². The van der Waals surface area contributed by atoms with E-state index in [0.717, 1.165) is 16.5 Å². The van der Waals surface area contributed by atoms with E-state index < -0.39 is 22.1 Å². The Kier molecular flexibility index (Phi) is 7.17. The number of hydrogen-bond donors (Lipinski definition) is 2. The zero-order chi connectivity index (χ0) is 27.2. The van der Waals surface area contributed by atoms with Gasteiger partial charge in [0.25, 0.3) is 0 Å². The van der Waals surface area contributed by atoms with E-state index in [9.17, 15) is 17.9 Å². The number of benzene rings is 1. The zero-order valence-corrected chi connectivity index (χ0v) is 23.0. The summed E-state index contributed by atoms with van der Waals surface area (Å²) < 4.78 is 37.7. The molecule has 0 unspecified atom stereocenters. The second-order valence-corrected chi connectivity index (χ2v) is 13.1. The monoisotopic (exact) mass is 542 g/mol. The summed E-state index contributed by atoms with van der Waals surface area (Å²) in [5.74, 6) is 2.19. The molecule has 11 heteroatoms. The third-order valence-electron chi connectivity index (χ3n) is 7.65. The number of halogens is 1. The van der Waals surface area contributed by atoms with Gasteiger partial charge in [-0.3, -0.25) is 0 Å². The number of rotatable bonds is 7. The summed E-state index contributed by atoms with van der Waals surface area (Å²) in [5, 5.41) is 15.1. The van der Waals surface area contributed by atoms with Gasteiger partial charge in [0.15, 0.2) is 0 Å². The first-order valence-corrected chi connectivity index (χ1v) is 15.1. The molecule has 0 saturated carbocycles. The highest BCUT2D eigenvalue weighted by molar-refractivity contribution is 7.90. The smallest absolute Gasteiger partial charge is 0.227 e. The van der Waals surface area contributed by atoms with Crippen molar-refractivity contribution in [2.24, 2.45) is 5.92 Å². The molecule has 2 aromatic heterocycles. The number of aliphatic hydroxyl groups excluding tert-OH is 1. The Hall–Kier alpha value is -3.05. The Morgan fingerprint density at radius 1 is 1.16 bits per heavy atom. The number of fused-ring (bicyclic) bond motifs is 1. The summed E-state index contributed by atoms with van der Waals surface area (Å²) in [4.78, 5) is 17.5. The maximum Gasteiger partial charge on any atom is 0.227 e. The Morgan fingerprint density at radius 2 is 1.95 bits per heavy atom. The molecular weight excluding hydrogens is 507 g/mol. The van der Waals surface area contributed by atoms with Crippen LogP contribution in [0.25, 0.3) is 10.8 Å². The van der Waals surface area contributed by atoms with E-state index in [0.29, 0.717) is 43.0 Å². The molecule has 3 aromatic rings. The van der Waals surface area contributed by atoms with E-state index in [1.54, 1.807) is 17.2 Å². The third kappa shape index (κ3) is 5.40. The van der Waals surface area contributed by atoms with Crippen molar-refractivity contribution >= 4 is 43.9 Å². The summed E-state index contributed by atoms with van der Waals surface area (Å²) in [6, 6.07) is 8.14. The molecule has 4 heterocycles. The van der Waals surface area contributed by atoms with Gasteiger partial charge in [0.05, 0.1) is 18.4 Å². The molecular formula is C27H35FN6O3S. The molecule has 1 aromatic carbocycles. The van der Waals surface area contributed by atoms with Crippen molar-refractivity contribution < 1.29 is 17.9 Å². The number of anilines is 4. The molecule has 2 saturated heterocycles. The molecule has 9 nitrogen and oxygen atoms in total. The number of alkyl halides is 1. The number of aliphatic hydroxyl groups is 1. The van der Waals surface area contributed by atoms with E-state index in [1.807, 2.05) is 12.3 Å². The fourth-order valence-corrected chi connectivity index (χ4v) is 6.59. The minimum Gasteiger partial charge on any atom is -0.390 e. The van der Waals surface area contributed by atoms with Gasteiger partial charge < -0.3 is 20.2 Å². The van der Waals surface area contributed by atoms with Crippen LogP contribution in [-0.4, -0.2) is 78.4 Å². The fourth-order valence-electron chi connectivity index (χ4n) is 5.43. The summed E-state index contributed by atoms with van der Waals surface area (Å²) in [6.45, 7) is 7.62. The van der Waals surface area contributed by atoms with E-state index >= 15 is 0 Å². The zero-order valence-electron chi connectivity index (χ0n) is 22.2. The first-order valence-electron chi connectivity index (χ1n) is 13.0. The molecule has 204 valence electrons. The van der Waals surface area contributed by atoms with Gasteiger partial charge in [-0.2, -0.15) is 4.98 Å². The van der Waals surface area contributed by atoms with Crippen molar-refractivity contribution in [2.45, 2.75) is 51.4 Å². The standard InChI is InChI=1S/C27H35FN6O3S/c1-16(2)19-5-6-23(34-13-18(17(34)3)15-38(4,36)37)21-12-30-26(11-20(19)21)31-25-7-9-29-27(32-25)33-10-8-24(35)22(28)14-33/h5-7,9,11-12,16-18,22,24,35H,8,10,13-15H2,1-4H3,(H,29,30,31,32)/t17-,18-,22+,24-/m1/s1. The topological polar surface area (TPSA) is 112 Å². The minimum absolute atomic E-state index is 0.0549. The molecule has 0 amide bonds. The molecule has 0 spiro atoms. The largest absolute Gasteiger partial charge is 0.390 e. The van der Waals surface area contributed by atoms with Crippen molar-refractivity contribution in [3.63, 3.8) is 0 Å². The van der Waals surface area contributed by atoms with Gasteiger partial charge in [0.2, 0.25) is 5.95 Å². The molecule has 2 aliphatic heterocycles. The second-order valence-electron chi connectivity index (χ2n) is 10.9. The van der Waals surface area contributed by atoms with Crippen LogP contribution in [0.15, 0.2) is 36.7 Å². The first-order chi connectivity index (χ1) is 18.0. The predicted molar refractivity (Wildman–Crippen MR) is 149 cm³/mol. The summed E-state index contributed by atoms with van der Waals surface area (Å²) >= 11 is 0. The van der Waals surface area contributed by atoms with Crippen LogP contribution >= 0.6 is 0 Å². The number of nitrogens with one attached hydrogen (secondary N) is 1. The van der Waals surface area contributed by atoms with Gasteiger partial charge in [0, 0.05) is 54.8 Å². The Morgan fingerprint density at radius 3 is 2.63 bits per heavy atom. The molecule has 4 atom stereocenters. The third-order valence-corrected chi connectivity index (χ3v) is 8.69. The molecule has 0 bridgehead atoms. The average molecular weight is 543 g/mol. The van der Waals surface area contributed by atoms with E-state index in [1.165, 1.54) is 11.8 Å². The fraction of sp³-hybridized carbons (Fsp3) is 0.519. The van der Waals surface area contributed by atoms with Gasteiger partial charge in [-0.15, -0.1) is 0 Å². The molecule has 0 aliphatic carbocycles. The van der Waals surface area contributed by atoms with Crippen molar-refractivity contribution in [2.75, 3.05) is 46.8 Å². The lowest BCUT2D eigenvalue weighted by molar-refractivity contribution is 0.0612. The van der Waals surface area contributed by atoms with E-state index in [-0.39, 0.29) is 24.3 Å². The molecule has 2 aliphatic rings. The lowest BCUT2D eigenvalue weighted by Gasteiger charge is -2.48. The highest BCUT2D eigenvalue weighted by atomic mass is 32.2. The van der Waals surface area contributed by atoms with Crippen LogP contribution < -0.4 is 15.1 Å². The number of pyridine rings is 1. The van der Waals surface area contributed by atoms with Crippen molar-refractivity contribution in [1.82, 2.24) is 15.0 Å². The summed E-state index contributed by atoms with van der Waals surface area (Å²) in [5.41, 5.74) is 2.25. The summed E-state index contributed by atoms with van der Waals surface area (Å²) in [7, 11) is -3.02. The summed E-state index contributed by atoms with van der Waals surface area (Å²) in [6.07, 6.45) is 2.84. The molecule has 0 radical (unpaired) electrons. The lowest BCUT2D eigenvalue weighted by Crippen LogP contribution is -2.57. The molecule has 5 rings (SSSR count). The number of aromatic nitrogens is 3. The first kappa shape index (κ1) is 26.6. The number of nitrogens with zero attached hydrogens (tertiary/aromatic N) is 5. The van der Waals surface area contributed by atoms with Crippen LogP contribution in [0.1, 0.15) is 38.7 Å². The van der Waals surface area contributed by atoms with Crippen LogP contribution in [0.5, 0.6) is 0 Å². The Bertz CT molecular complexity index is 1440. The Balaban J connectivity index is 1.41. The lowest BCUT2D eigenvalue weighted by atomic mass is 9.88.